The van der Waals surface area contributed by atoms with E-state index in [2.05, 4.69) is 10.6 Å². The Morgan fingerprint density at radius 2 is 1.71 bits per heavy atom. The molecular weight excluding hydrogens is 407 g/mol. The Morgan fingerprint density at radius 3 is 2.35 bits per heavy atom. The molecule has 31 heavy (non-hydrogen) atoms. The third kappa shape index (κ3) is 6.23. The Balaban J connectivity index is 1.70. The minimum atomic E-state index is -4.50. The first-order valence-electron chi connectivity index (χ1n) is 10.4. The first kappa shape index (κ1) is 22.7. The quantitative estimate of drug-likeness (QED) is 0.685. The van der Waals surface area contributed by atoms with Gasteiger partial charge in [0.2, 0.25) is 5.91 Å². The molecule has 3 rings (SSSR count). The average Bonchev–Trinajstić information content (AvgIpc) is 2.74. The first-order chi connectivity index (χ1) is 14.7. The molecule has 2 aromatic carbocycles. The van der Waals surface area contributed by atoms with Crippen LogP contribution in [0.25, 0.3) is 0 Å². The molecule has 0 aromatic heterocycles. The average molecular weight is 433 g/mol. The van der Waals surface area contributed by atoms with Gasteiger partial charge in [-0.2, -0.15) is 13.2 Å². The van der Waals surface area contributed by atoms with Gasteiger partial charge in [-0.1, -0.05) is 18.2 Å². The molecule has 1 fully saturated rings. The van der Waals surface area contributed by atoms with Gasteiger partial charge in [-0.15, -0.1) is 0 Å². The highest BCUT2D eigenvalue weighted by Crippen LogP contribution is 2.36. The summed E-state index contributed by atoms with van der Waals surface area (Å²) in [5, 5.41) is 5.37. The van der Waals surface area contributed by atoms with Gasteiger partial charge in [0.1, 0.15) is 0 Å². The van der Waals surface area contributed by atoms with Crippen molar-refractivity contribution in [2.24, 2.45) is 0 Å². The molecule has 1 aliphatic rings. The number of nitrogens with zero attached hydrogens (tertiary/aromatic N) is 1. The highest BCUT2D eigenvalue weighted by molar-refractivity contribution is 5.97. The third-order valence-electron chi connectivity index (χ3n) is 5.20. The molecule has 1 atom stereocenters. The fraction of sp³-hybridized carbons (Fsp3) is 0.391. The van der Waals surface area contributed by atoms with E-state index in [4.69, 9.17) is 0 Å². The molecule has 2 amide bonds. The van der Waals surface area contributed by atoms with Crippen molar-refractivity contribution in [2.45, 2.75) is 44.8 Å². The summed E-state index contributed by atoms with van der Waals surface area (Å²) in [5.41, 5.74) is 0.388. The number of anilines is 2. The lowest BCUT2D eigenvalue weighted by Crippen LogP contribution is -2.36. The molecule has 0 aliphatic carbocycles. The van der Waals surface area contributed by atoms with Crippen molar-refractivity contribution in [1.82, 2.24) is 5.32 Å². The summed E-state index contributed by atoms with van der Waals surface area (Å²) < 4.78 is 39.7. The van der Waals surface area contributed by atoms with E-state index in [0.717, 1.165) is 44.5 Å². The molecular formula is C23H26F3N3O2. The fourth-order valence-electron chi connectivity index (χ4n) is 3.65. The molecule has 2 aromatic rings. The minimum Gasteiger partial charge on any atom is -0.370 e. The standard InChI is InChI=1S/C23H26F3N3O2/c1-16(27-22(31)17-8-4-2-5-9-17)14-21(30)28-19-15-18(23(24,25)26)10-11-20(19)29-12-6-3-7-13-29/h2,4-5,8-11,15-16H,3,6-7,12-14H2,1H3,(H,27,31)(H,28,30). The predicted molar refractivity (Wildman–Crippen MR) is 114 cm³/mol. The molecule has 1 saturated heterocycles. The molecule has 1 unspecified atom stereocenters. The van der Waals surface area contributed by atoms with Crippen LogP contribution in [0.1, 0.15) is 48.5 Å². The van der Waals surface area contributed by atoms with Crippen LogP contribution in [0.3, 0.4) is 0 Å². The van der Waals surface area contributed by atoms with Crippen LogP contribution in [-0.2, 0) is 11.0 Å². The topological polar surface area (TPSA) is 61.4 Å². The number of amides is 2. The van der Waals surface area contributed by atoms with Crippen LogP contribution >= 0.6 is 0 Å². The lowest BCUT2D eigenvalue weighted by atomic mass is 10.1. The normalized spacial score (nSPS) is 15.3. The number of halogens is 3. The van der Waals surface area contributed by atoms with E-state index in [9.17, 15) is 22.8 Å². The Hall–Kier alpha value is -3.03. The number of nitrogens with one attached hydrogen (secondary N) is 2. The number of alkyl halides is 3. The maximum Gasteiger partial charge on any atom is 0.416 e. The molecule has 0 spiro atoms. The summed E-state index contributed by atoms with van der Waals surface area (Å²) in [4.78, 5) is 26.8. The smallest absolute Gasteiger partial charge is 0.370 e. The molecule has 166 valence electrons. The molecule has 1 heterocycles. The number of hydrogen-bond acceptors (Lipinski definition) is 3. The van der Waals surface area contributed by atoms with Crippen LogP contribution in [0.4, 0.5) is 24.5 Å². The van der Waals surface area contributed by atoms with E-state index in [1.54, 1.807) is 37.3 Å². The summed E-state index contributed by atoms with van der Waals surface area (Å²) in [5.74, 6) is -0.771. The second-order valence-corrected chi connectivity index (χ2v) is 7.77. The maximum absolute atomic E-state index is 13.2. The lowest BCUT2D eigenvalue weighted by Gasteiger charge is -2.31. The minimum absolute atomic E-state index is 0.0613. The number of hydrogen-bond donors (Lipinski definition) is 2. The van der Waals surface area contributed by atoms with E-state index in [-0.39, 0.29) is 18.0 Å². The second-order valence-electron chi connectivity index (χ2n) is 7.77. The van der Waals surface area contributed by atoms with Gasteiger partial charge >= 0.3 is 6.18 Å². The predicted octanol–water partition coefficient (Wildman–Crippen LogP) is 4.84. The van der Waals surface area contributed by atoms with E-state index in [0.29, 0.717) is 11.3 Å². The number of carbonyl (C=O) groups excluding carboxylic acids is 2. The van der Waals surface area contributed by atoms with Crippen molar-refractivity contribution in [1.29, 1.82) is 0 Å². The molecule has 0 radical (unpaired) electrons. The van der Waals surface area contributed by atoms with Gasteiger partial charge in [0.15, 0.2) is 0 Å². The number of benzene rings is 2. The highest BCUT2D eigenvalue weighted by Gasteiger charge is 2.32. The van der Waals surface area contributed by atoms with E-state index in [1.165, 1.54) is 6.07 Å². The molecule has 0 bridgehead atoms. The van der Waals surface area contributed by atoms with Gasteiger partial charge in [-0.25, -0.2) is 0 Å². The zero-order chi connectivity index (χ0) is 22.4. The van der Waals surface area contributed by atoms with Crippen LogP contribution in [0.2, 0.25) is 0 Å². The van der Waals surface area contributed by atoms with Gasteiger partial charge < -0.3 is 15.5 Å². The lowest BCUT2D eigenvalue weighted by molar-refractivity contribution is -0.137. The monoisotopic (exact) mass is 433 g/mol. The van der Waals surface area contributed by atoms with Crippen LogP contribution < -0.4 is 15.5 Å². The summed E-state index contributed by atoms with van der Waals surface area (Å²) in [6.45, 7) is 3.15. The van der Waals surface area contributed by atoms with Crippen LogP contribution in [0.5, 0.6) is 0 Å². The summed E-state index contributed by atoms with van der Waals surface area (Å²) in [6.07, 6.45) is -1.57. The number of rotatable bonds is 6. The second kappa shape index (κ2) is 9.85. The summed E-state index contributed by atoms with van der Waals surface area (Å²) in [7, 11) is 0. The molecule has 1 aliphatic heterocycles. The van der Waals surface area contributed by atoms with Gasteiger partial charge in [0, 0.05) is 31.1 Å². The summed E-state index contributed by atoms with van der Waals surface area (Å²) in [6, 6.07) is 11.6. The van der Waals surface area contributed by atoms with Crippen molar-refractivity contribution in [3.05, 3.63) is 59.7 Å². The summed E-state index contributed by atoms with van der Waals surface area (Å²) >= 11 is 0. The maximum atomic E-state index is 13.2. The van der Waals surface area contributed by atoms with Crippen LogP contribution in [0.15, 0.2) is 48.5 Å². The van der Waals surface area contributed by atoms with Gasteiger partial charge in [0.25, 0.3) is 5.91 Å². The Kier molecular flexibility index (Phi) is 7.20. The van der Waals surface area contributed by atoms with Crippen molar-refractivity contribution in [3.63, 3.8) is 0 Å². The van der Waals surface area contributed by atoms with Crippen LogP contribution in [-0.4, -0.2) is 30.9 Å². The molecule has 2 N–H and O–H groups in total. The van der Waals surface area contributed by atoms with Gasteiger partial charge in [-0.3, -0.25) is 9.59 Å². The zero-order valence-corrected chi connectivity index (χ0v) is 17.3. The van der Waals surface area contributed by atoms with Gasteiger partial charge in [-0.05, 0) is 56.5 Å². The third-order valence-corrected chi connectivity index (χ3v) is 5.20. The molecule has 5 nitrogen and oxygen atoms in total. The van der Waals surface area contributed by atoms with Crippen LogP contribution in [0, 0.1) is 0 Å². The first-order valence-corrected chi connectivity index (χ1v) is 10.4. The number of piperidine rings is 1. The van der Waals surface area contributed by atoms with Crippen molar-refractivity contribution in [2.75, 3.05) is 23.3 Å². The number of carbonyl (C=O) groups is 2. The highest BCUT2D eigenvalue weighted by atomic mass is 19.4. The molecule has 0 saturated carbocycles. The van der Waals surface area contributed by atoms with Crippen molar-refractivity contribution in [3.8, 4) is 0 Å². The zero-order valence-electron chi connectivity index (χ0n) is 17.3. The van der Waals surface area contributed by atoms with E-state index >= 15 is 0 Å². The SMILES string of the molecule is CC(CC(=O)Nc1cc(C(F)(F)F)ccc1N1CCCCC1)NC(=O)c1ccccc1. The van der Waals surface area contributed by atoms with Crippen molar-refractivity contribution >= 4 is 23.2 Å². The largest absolute Gasteiger partial charge is 0.416 e. The van der Waals surface area contributed by atoms with E-state index < -0.39 is 23.7 Å². The Bertz CT molecular complexity index is 910. The Labute approximate surface area is 179 Å². The Morgan fingerprint density at radius 1 is 1.03 bits per heavy atom. The fourth-order valence-corrected chi connectivity index (χ4v) is 3.65. The van der Waals surface area contributed by atoms with Gasteiger partial charge in [0.05, 0.1) is 16.9 Å². The van der Waals surface area contributed by atoms with E-state index in [1.807, 2.05) is 4.90 Å². The molecule has 8 heteroatoms. The van der Waals surface area contributed by atoms with Crippen molar-refractivity contribution < 1.29 is 22.8 Å².